The van der Waals surface area contributed by atoms with Crippen LogP contribution in [0.4, 0.5) is 0 Å². The molecule has 0 amide bonds. The fourth-order valence-corrected chi connectivity index (χ4v) is 4.17. The molecule has 0 radical (unpaired) electrons. The van der Waals surface area contributed by atoms with Gasteiger partial charge < -0.3 is 14.0 Å². The molecule has 0 aliphatic carbocycles. The standard InChI is InChI=1S/C34H42NO3/c1-35(2,3)33(27-30-18-12-9-13-19-30)34(36)37-26-16-8-6-4-5-7-11-17-29-22-24-32(25-23-29)38-28-31-20-14-10-15-21-31/h9-10,12-15,18-25,33H,4-8,16,26-28H2,1-3H3/q+1/t33-/m0/s1. The maximum Gasteiger partial charge on any atom is 0.365 e. The van der Waals surface area contributed by atoms with Gasteiger partial charge in [-0.3, -0.25) is 0 Å². The van der Waals surface area contributed by atoms with E-state index in [2.05, 4.69) is 57.2 Å². The highest BCUT2D eigenvalue weighted by atomic mass is 16.5. The lowest BCUT2D eigenvalue weighted by atomic mass is 10.0. The van der Waals surface area contributed by atoms with Crippen LogP contribution in [-0.2, 0) is 22.6 Å². The van der Waals surface area contributed by atoms with E-state index in [9.17, 15) is 4.79 Å². The third-order valence-corrected chi connectivity index (χ3v) is 6.50. The van der Waals surface area contributed by atoms with Gasteiger partial charge >= 0.3 is 5.97 Å². The van der Waals surface area contributed by atoms with E-state index in [1.807, 2.05) is 60.7 Å². The normalized spacial score (nSPS) is 11.8. The molecule has 0 aliphatic heterocycles. The molecule has 0 heterocycles. The molecule has 4 nitrogen and oxygen atoms in total. The topological polar surface area (TPSA) is 35.5 Å². The van der Waals surface area contributed by atoms with Crippen molar-refractivity contribution in [2.75, 3.05) is 27.7 Å². The van der Waals surface area contributed by atoms with Crippen molar-refractivity contribution in [2.24, 2.45) is 0 Å². The fourth-order valence-electron chi connectivity index (χ4n) is 4.17. The van der Waals surface area contributed by atoms with Gasteiger partial charge in [-0.2, -0.15) is 0 Å². The molecular weight excluding hydrogens is 470 g/mol. The summed E-state index contributed by atoms with van der Waals surface area (Å²) in [7, 11) is 6.15. The molecule has 0 aromatic heterocycles. The van der Waals surface area contributed by atoms with Crippen LogP contribution in [0.1, 0.15) is 55.2 Å². The Morgan fingerprint density at radius 3 is 2.03 bits per heavy atom. The number of esters is 1. The van der Waals surface area contributed by atoms with Crippen LogP contribution in [0.2, 0.25) is 0 Å². The number of benzene rings is 3. The van der Waals surface area contributed by atoms with E-state index in [0.29, 0.717) is 24.1 Å². The summed E-state index contributed by atoms with van der Waals surface area (Å²) in [4.78, 5) is 12.8. The van der Waals surface area contributed by atoms with Crippen molar-refractivity contribution in [1.82, 2.24) is 0 Å². The van der Waals surface area contributed by atoms with Crippen LogP contribution >= 0.6 is 0 Å². The quantitative estimate of drug-likeness (QED) is 0.103. The largest absolute Gasteiger partial charge is 0.489 e. The SMILES string of the molecule is C[N+](C)(C)[C@@H](Cc1ccccc1)C(=O)OCCCCCCCC#Cc1ccc(OCc2ccccc2)cc1. The zero-order valence-corrected chi connectivity index (χ0v) is 23.2. The predicted octanol–water partition coefficient (Wildman–Crippen LogP) is 6.82. The summed E-state index contributed by atoms with van der Waals surface area (Å²) in [6.45, 7) is 1.06. The average molecular weight is 513 g/mol. The number of rotatable bonds is 14. The van der Waals surface area contributed by atoms with Crippen molar-refractivity contribution >= 4 is 5.97 Å². The minimum atomic E-state index is -0.200. The van der Waals surface area contributed by atoms with Crippen molar-refractivity contribution in [3.05, 3.63) is 102 Å². The van der Waals surface area contributed by atoms with Crippen LogP contribution in [0.3, 0.4) is 0 Å². The molecule has 4 heteroatoms. The Hall–Kier alpha value is -3.55. The van der Waals surface area contributed by atoms with E-state index in [1.165, 1.54) is 0 Å². The van der Waals surface area contributed by atoms with Gasteiger partial charge in [-0.15, -0.1) is 0 Å². The molecule has 38 heavy (non-hydrogen) atoms. The van der Waals surface area contributed by atoms with Crippen molar-refractivity contribution in [2.45, 2.75) is 57.6 Å². The van der Waals surface area contributed by atoms with Crippen LogP contribution in [-0.4, -0.2) is 44.2 Å². The summed E-state index contributed by atoms with van der Waals surface area (Å²) in [6.07, 6.45) is 6.93. The summed E-state index contributed by atoms with van der Waals surface area (Å²) in [5, 5.41) is 0. The minimum absolute atomic E-state index is 0.104. The third-order valence-electron chi connectivity index (χ3n) is 6.50. The highest BCUT2D eigenvalue weighted by molar-refractivity contribution is 5.75. The number of carbonyl (C=O) groups is 1. The Kier molecular flexibility index (Phi) is 11.9. The lowest BCUT2D eigenvalue weighted by Gasteiger charge is -2.32. The van der Waals surface area contributed by atoms with Gasteiger partial charge in [0.1, 0.15) is 12.4 Å². The number of likely N-dealkylation sites (N-methyl/N-ethyl adjacent to an activating group) is 1. The highest BCUT2D eigenvalue weighted by Gasteiger charge is 2.33. The summed E-state index contributed by atoms with van der Waals surface area (Å²) >= 11 is 0. The summed E-state index contributed by atoms with van der Waals surface area (Å²) in [6, 6.07) is 28.1. The molecule has 3 aromatic rings. The van der Waals surface area contributed by atoms with E-state index >= 15 is 0 Å². The molecule has 0 bridgehead atoms. The van der Waals surface area contributed by atoms with Gasteiger partial charge in [-0.05, 0) is 48.2 Å². The van der Waals surface area contributed by atoms with E-state index < -0.39 is 0 Å². The number of unbranched alkanes of at least 4 members (excludes halogenated alkanes) is 5. The Bertz CT molecular complexity index is 1140. The number of ether oxygens (including phenoxy) is 2. The Balaban J connectivity index is 1.25. The number of hydrogen-bond donors (Lipinski definition) is 0. The van der Waals surface area contributed by atoms with Crippen LogP contribution in [0, 0.1) is 11.8 Å². The van der Waals surface area contributed by atoms with Crippen LogP contribution in [0.15, 0.2) is 84.9 Å². The van der Waals surface area contributed by atoms with Gasteiger partial charge in [0.15, 0.2) is 6.04 Å². The molecule has 3 rings (SSSR count). The van der Waals surface area contributed by atoms with Gasteiger partial charge in [-0.1, -0.05) is 91.8 Å². The molecule has 0 N–H and O–H groups in total. The second kappa shape index (κ2) is 15.6. The lowest BCUT2D eigenvalue weighted by molar-refractivity contribution is -0.887. The van der Waals surface area contributed by atoms with Gasteiger partial charge in [0.2, 0.25) is 0 Å². The summed E-state index contributed by atoms with van der Waals surface area (Å²) in [5.41, 5.74) is 3.33. The molecule has 3 aromatic carbocycles. The van der Waals surface area contributed by atoms with Crippen molar-refractivity contribution < 1.29 is 18.8 Å². The van der Waals surface area contributed by atoms with Gasteiger partial charge in [0.25, 0.3) is 0 Å². The van der Waals surface area contributed by atoms with Gasteiger partial charge in [-0.25, -0.2) is 4.79 Å². The third kappa shape index (κ3) is 10.8. The van der Waals surface area contributed by atoms with E-state index in [0.717, 1.165) is 61.0 Å². The highest BCUT2D eigenvalue weighted by Crippen LogP contribution is 2.15. The second-order valence-electron chi connectivity index (χ2n) is 10.6. The first-order valence-corrected chi connectivity index (χ1v) is 13.7. The fraction of sp³-hybridized carbons (Fsp3) is 0.382. The van der Waals surface area contributed by atoms with Gasteiger partial charge in [0, 0.05) is 18.4 Å². The predicted molar refractivity (Wildman–Crippen MR) is 155 cm³/mol. The maximum absolute atomic E-state index is 12.8. The monoisotopic (exact) mass is 512 g/mol. The summed E-state index contributed by atoms with van der Waals surface area (Å²) < 4.78 is 12.0. The molecule has 0 saturated heterocycles. The van der Waals surface area contributed by atoms with Crippen LogP contribution in [0.5, 0.6) is 5.75 Å². The summed E-state index contributed by atoms with van der Waals surface area (Å²) in [5.74, 6) is 7.28. The molecular formula is C34H42NO3+. The van der Waals surface area contributed by atoms with Crippen molar-refractivity contribution in [1.29, 1.82) is 0 Å². The smallest absolute Gasteiger partial charge is 0.365 e. The van der Waals surface area contributed by atoms with Crippen molar-refractivity contribution in [3.8, 4) is 17.6 Å². The number of hydrogen-bond acceptors (Lipinski definition) is 3. The van der Waals surface area contributed by atoms with E-state index in [4.69, 9.17) is 9.47 Å². The minimum Gasteiger partial charge on any atom is -0.489 e. The van der Waals surface area contributed by atoms with E-state index in [-0.39, 0.29) is 12.0 Å². The molecule has 0 aliphatic rings. The second-order valence-corrected chi connectivity index (χ2v) is 10.6. The number of carbonyl (C=O) groups excluding carboxylic acids is 1. The number of nitrogens with zero attached hydrogens (tertiary/aromatic N) is 1. The number of quaternary nitrogens is 1. The van der Waals surface area contributed by atoms with E-state index in [1.54, 1.807) is 0 Å². The maximum atomic E-state index is 12.8. The molecule has 200 valence electrons. The molecule has 0 fully saturated rings. The first-order valence-electron chi connectivity index (χ1n) is 13.7. The average Bonchev–Trinajstić information content (AvgIpc) is 2.92. The molecule has 0 spiro atoms. The van der Waals surface area contributed by atoms with Crippen LogP contribution < -0.4 is 4.74 Å². The Labute approximate surface area is 229 Å². The molecule has 0 unspecified atom stereocenters. The first-order chi connectivity index (χ1) is 18.4. The zero-order chi connectivity index (χ0) is 27.1. The van der Waals surface area contributed by atoms with Gasteiger partial charge in [0.05, 0.1) is 27.7 Å². The van der Waals surface area contributed by atoms with Crippen molar-refractivity contribution in [3.63, 3.8) is 0 Å². The first kappa shape index (κ1) is 29.0. The Morgan fingerprint density at radius 2 is 1.37 bits per heavy atom. The molecule has 1 atom stereocenters. The molecule has 0 saturated carbocycles. The Morgan fingerprint density at radius 1 is 0.763 bits per heavy atom. The van der Waals surface area contributed by atoms with Crippen LogP contribution in [0.25, 0.3) is 0 Å². The zero-order valence-electron chi connectivity index (χ0n) is 23.2. The lowest BCUT2D eigenvalue weighted by Crippen LogP contribution is -2.51.